The van der Waals surface area contributed by atoms with Gasteiger partial charge in [-0.2, -0.15) is 0 Å². The molecular weight excluding hydrogens is 620 g/mol. The Morgan fingerprint density at radius 2 is 1.89 bits per heavy atom. The summed E-state index contributed by atoms with van der Waals surface area (Å²) in [6, 6.07) is 10.2. The molecule has 2 aromatic carbocycles. The lowest BCUT2D eigenvalue weighted by atomic mass is 10.0. The van der Waals surface area contributed by atoms with Gasteiger partial charge in [0, 0.05) is 20.8 Å². The van der Waals surface area contributed by atoms with Gasteiger partial charge in [0.2, 0.25) is 5.91 Å². The average Bonchev–Trinajstić information content (AvgIpc) is 3.20. The Morgan fingerprint density at radius 3 is 2.51 bits per heavy atom. The molecule has 1 atom stereocenters. The number of amides is 2. The highest BCUT2D eigenvalue weighted by atomic mass is 127. The number of thioether (sulfide) groups is 1. The van der Waals surface area contributed by atoms with Crippen LogP contribution in [0, 0.1) is 16.4 Å². The smallest absolute Gasteiger partial charge is 0.253 e. The fraction of sp³-hybridized carbons (Fsp3) is 0.333. The second-order valence-electron chi connectivity index (χ2n) is 8.20. The summed E-state index contributed by atoms with van der Waals surface area (Å²) in [6.07, 6.45) is 0. The van der Waals surface area contributed by atoms with E-state index in [-0.39, 0.29) is 28.5 Å². The van der Waals surface area contributed by atoms with Gasteiger partial charge < -0.3 is 15.2 Å². The Bertz CT molecular complexity index is 1230. The van der Waals surface area contributed by atoms with Crippen molar-refractivity contribution in [3.63, 3.8) is 0 Å². The van der Waals surface area contributed by atoms with Crippen molar-refractivity contribution in [2.24, 2.45) is 5.92 Å². The van der Waals surface area contributed by atoms with Gasteiger partial charge in [-0.1, -0.05) is 48.8 Å². The molecule has 3 rings (SSSR count). The zero-order chi connectivity index (χ0) is 25.7. The molecule has 1 aromatic heterocycles. The first-order valence-electron chi connectivity index (χ1n) is 11.0. The summed E-state index contributed by atoms with van der Waals surface area (Å²) in [6.45, 7) is 8.51. The van der Waals surface area contributed by atoms with Gasteiger partial charge in [0.25, 0.3) is 5.91 Å². The molecule has 0 saturated heterocycles. The summed E-state index contributed by atoms with van der Waals surface area (Å²) in [5, 5.41) is 16.0. The third kappa shape index (κ3) is 7.12. The van der Waals surface area contributed by atoms with Crippen molar-refractivity contribution in [3.05, 3.63) is 67.0 Å². The van der Waals surface area contributed by atoms with Crippen molar-refractivity contribution in [2.45, 2.75) is 45.4 Å². The lowest BCUT2D eigenvalue weighted by molar-refractivity contribution is -0.113. The highest BCUT2D eigenvalue weighted by molar-refractivity contribution is 14.1. The molecule has 0 fully saturated rings. The second-order valence-corrected chi connectivity index (χ2v) is 11.2. The third-order valence-electron chi connectivity index (χ3n) is 5.26. The van der Waals surface area contributed by atoms with Crippen LogP contribution in [0.4, 0.5) is 5.69 Å². The number of halogens is 3. The first-order chi connectivity index (χ1) is 16.6. The molecule has 2 amide bonds. The fourth-order valence-electron chi connectivity index (χ4n) is 3.44. The van der Waals surface area contributed by atoms with Gasteiger partial charge in [-0.15, -0.1) is 10.2 Å². The Labute approximate surface area is 232 Å². The van der Waals surface area contributed by atoms with Crippen molar-refractivity contribution >= 4 is 75.1 Å². The summed E-state index contributed by atoms with van der Waals surface area (Å²) in [4.78, 5) is 25.5. The molecule has 3 aromatic rings. The van der Waals surface area contributed by atoms with Gasteiger partial charge in [-0.25, -0.2) is 0 Å². The molecule has 0 saturated carbocycles. The molecule has 186 valence electrons. The van der Waals surface area contributed by atoms with E-state index in [0.29, 0.717) is 28.1 Å². The monoisotopic (exact) mass is 645 g/mol. The zero-order valence-corrected chi connectivity index (χ0v) is 24.2. The summed E-state index contributed by atoms with van der Waals surface area (Å²) < 4.78 is 3.03. The summed E-state index contributed by atoms with van der Waals surface area (Å²) >= 11 is 15.7. The van der Waals surface area contributed by atoms with Crippen LogP contribution in [0.1, 0.15) is 48.6 Å². The van der Waals surface area contributed by atoms with Crippen molar-refractivity contribution < 1.29 is 9.59 Å². The van der Waals surface area contributed by atoms with Crippen LogP contribution in [-0.2, 0) is 11.3 Å². The number of nitrogens with zero attached hydrogens (tertiary/aromatic N) is 3. The summed E-state index contributed by atoms with van der Waals surface area (Å²) in [5.41, 5.74) is 2.13. The molecule has 0 radical (unpaired) electrons. The summed E-state index contributed by atoms with van der Waals surface area (Å²) in [7, 11) is 0. The molecule has 1 heterocycles. The van der Waals surface area contributed by atoms with Crippen LogP contribution in [0.25, 0.3) is 0 Å². The number of nitrogens with one attached hydrogen (secondary N) is 2. The van der Waals surface area contributed by atoms with E-state index < -0.39 is 6.04 Å². The molecule has 35 heavy (non-hydrogen) atoms. The SMILES string of the molecule is CCn1c(SCC(=O)Nc2ccc(I)cc2C)nnc1[C@H](NC(=O)c1ccc(Cl)cc1Cl)C(C)C. The van der Waals surface area contributed by atoms with Crippen LogP contribution in [-0.4, -0.2) is 32.3 Å². The highest BCUT2D eigenvalue weighted by Gasteiger charge is 2.27. The van der Waals surface area contributed by atoms with Crippen molar-refractivity contribution in [1.29, 1.82) is 0 Å². The molecule has 0 aliphatic heterocycles. The maximum Gasteiger partial charge on any atom is 0.253 e. The number of rotatable bonds is 9. The minimum Gasteiger partial charge on any atom is -0.342 e. The number of carbonyl (C=O) groups excluding carboxylic acids is 2. The zero-order valence-electron chi connectivity index (χ0n) is 19.7. The molecule has 0 aliphatic rings. The number of hydrogen-bond donors (Lipinski definition) is 2. The quantitative estimate of drug-likeness (QED) is 0.208. The third-order valence-corrected chi connectivity index (χ3v) is 7.45. The molecule has 2 N–H and O–H groups in total. The summed E-state index contributed by atoms with van der Waals surface area (Å²) in [5.74, 6) is 0.389. The lowest BCUT2D eigenvalue weighted by Crippen LogP contribution is -2.34. The van der Waals surface area contributed by atoms with Gasteiger partial charge in [-0.05, 0) is 84.3 Å². The minimum atomic E-state index is -0.403. The number of hydrogen-bond acceptors (Lipinski definition) is 5. The Balaban J connectivity index is 1.73. The van der Waals surface area contributed by atoms with Crippen molar-refractivity contribution in [1.82, 2.24) is 20.1 Å². The highest BCUT2D eigenvalue weighted by Crippen LogP contribution is 2.27. The van der Waals surface area contributed by atoms with Crippen LogP contribution in [0.15, 0.2) is 41.6 Å². The van der Waals surface area contributed by atoms with Gasteiger partial charge in [-0.3, -0.25) is 9.59 Å². The molecule has 0 aliphatic carbocycles. The minimum absolute atomic E-state index is 0.0320. The molecule has 0 unspecified atom stereocenters. The van der Waals surface area contributed by atoms with E-state index in [4.69, 9.17) is 23.2 Å². The molecule has 7 nitrogen and oxygen atoms in total. The maximum atomic E-state index is 13.0. The predicted molar refractivity (Wildman–Crippen MR) is 150 cm³/mol. The van der Waals surface area contributed by atoms with E-state index in [9.17, 15) is 9.59 Å². The first kappa shape index (κ1) is 27.8. The largest absolute Gasteiger partial charge is 0.342 e. The van der Waals surface area contributed by atoms with Crippen LogP contribution in [0.3, 0.4) is 0 Å². The lowest BCUT2D eigenvalue weighted by Gasteiger charge is -2.22. The fourth-order valence-corrected chi connectivity index (χ4v) is 5.39. The number of aryl methyl sites for hydroxylation is 1. The van der Waals surface area contributed by atoms with E-state index in [2.05, 4.69) is 43.4 Å². The maximum absolute atomic E-state index is 13.0. The van der Waals surface area contributed by atoms with E-state index in [1.54, 1.807) is 12.1 Å². The van der Waals surface area contributed by atoms with Crippen LogP contribution >= 0.6 is 57.6 Å². The first-order valence-corrected chi connectivity index (χ1v) is 13.8. The average molecular weight is 646 g/mol. The van der Waals surface area contributed by atoms with Crippen molar-refractivity contribution in [3.8, 4) is 0 Å². The van der Waals surface area contributed by atoms with Gasteiger partial charge >= 0.3 is 0 Å². The number of benzene rings is 2. The molecule has 0 bridgehead atoms. The van der Waals surface area contributed by atoms with E-state index >= 15 is 0 Å². The van der Waals surface area contributed by atoms with Gasteiger partial charge in [0.1, 0.15) is 0 Å². The van der Waals surface area contributed by atoms with Crippen LogP contribution < -0.4 is 10.6 Å². The Morgan fingerprint density at radius 1 is 1.14 bits per heavy atom. The number of anilines is 1. The van der Waals surface area contributed by atoms with E-state index in [1.165, 1.54) is 17.8 Å². The standard InChI is InChI=1S/C24H26Cl2IN5O2S/c1-5-32-22(21(13(2)3)29-23(34)17-8-6-15(25)11-18(17)26)30-31-24(32)35-12-20(33)28-19-9-7-16(27)10-14(19)4/h6-11,13,21H,5,12H2,1-4H3,(H,28,33)(H,29,34)/t21-/m1/s1. The second kappa shape index (κ2) is 12.4. The van der Waals surface area contributed by atoms with Crippen LogP contribution in [0.5, 0.6) is 0 Å². The van der Waals surface area contributed by atoms with Gasteiger partial charge in [0.15, 0.2) is 11.0 Å². The topological polar surface area (TPSA) is 88.9 Å². The normalized spacial score (nSPS) is 12.0. The van der Waals surface area contributed by atoms with Crippen LogP contribution in [0.2, 0.25) is 10.0 Å². The predicted octanol–water partition coefficient (Wildman–Crippen LogP) is 6.38. The van der Waals surface area contributed by atoms with E-state index in [0.717, 1.165) is 14.8 Å². The Kier molecular flexibility index (Phi) is 9.86. The molecular formula is C24H26Cl2IN5O2S. The number of carbonyl (C=O) groups is 2. The van der Waals surface area contributed by atoms with Crippen molar-refractivity contribution in [2.75, 3.05) is 11.1 Å². The Hall–Kier alpha value is -1.82. The van der Waals surface area contributed by atoms with Gasteiger partial charge in [0.05, 0.1) is 22.4 Å². The molecule has 11 heteroatoms. The number of aromatic nitrogens is 3. The van der Waals surface area contributed by atoms with E-state index in [1.807, 2.05) is 50.5 Å². The molecule has 0 spiro atoms.